The minimum absolute atomic E-state index is 0.424. The topological polar surface area (TPSA) is 17.0 Å². The van der Waals surface area contributed by atoms with Gasteiger partial charge in [-0.05, 0) is 37.6 Å². The molecule has 0 aliphatic carbocycles. The standard InChI is InChI=1S/C15H20N2/c1-13(16-2)15-9-11-17(12-15)10-8-14-6-4-3-5-7-14/h3-7,9,11-13,16H,8,10H2,1-2H3. The average Bonchev–Trinajstić information content (AvgIpc) is 2.85. The number of aromatic nitrogens is 1. The number of nitrogens with zero attached hydrogens (tertiary/aromatic N) is 1. The van der Waals surface area contributed by atoms with Crippen molar-refractivity contribution in [1.82, 2.24) is 9.88 Å². The minimum Gasteiger partial charge on any atom is -0.354 e. The number of benzene rings is 1. The second kappa shape index (κ2) is 5.69. The van der Waals surface area contributed by atoms with Crippen molar-refractivity contribution in [2.45, 2.75) is 25.9 Å². The van der Waals surface area contributed by atoms with Crippen LogP contribution in [-0.4, -0.2) is 11.6 Å². The Balaban J connectivity index is 1.94. The number of hydrogen-bond donors (Lipinski definition) is 1. The summed E-state index contributed by atoms with van der Waals surface area (Å²) >= 11 is 0. The molecule has 2 aromatic rings. The lowest BCUT2D eigenvalue weighted by atomic mass is 10.1. The van der Waals surface area contributed by atoms with Crippen molar-refractivity contribution in [3.8, 4) is 0 Å². The molecule has 2 heteroatoms. The van der Waals surface area contributed by atoms with Crippen molar-refractivity contribution in [3.63, 3.8) is 0 Å². The normalized spacial score (nSPS) is 12.6. The third-order valence-electron chi connectivity index (χ3n) is 3.21. The zero-order valence-electron chi connectivity index (χ0n) is 10.6. The highest BCUT2D eigenvalue weighted by Crippen LogP contribution is 2.12. The van der Waals surface area contributed by atoms with Crippen LogP contribution >= 0.6 is 0 Å². The van der Waals surface area contributed by atoms with Crippen LogP contribution in [0.15, 0.2) is 48.8 Å². The van der Waals surface area contributed by atoms with Crippen LogP contribution in [0.3, 0.4) is 0 Å². The summed E-state index contributed by atoms with van der Waals surface area (Å²) in [6, 6.07) is 13.2. The molecule has 90 valence electrons. The van der Waals surface area contributed by atoms with Crippen LogP contribution in [0.5, 0.6) is 0 Å². The van der Waals surface area contributed by atoms with E-state index < -0.39 is 0 Å². The molecule has 2 rings (SSSR count). The van der Waals surface area contributed by atoms with E-state index in [4.69, 9.17) is 0 Å². The molecule has 2 nitrogen and oxygen atoms in total. The Labute approximate surface area is 103 Å². The summed E-state index contributed by atoms with van der Waals surface area (Å²) in [5.74, 6) is 0. The molecule has 1 unspecified atom stereocenters. The second-order valence-electron chi connectivity index (χ2n) is 4.43. The number of nitrogens with one attached hydrogen (secondary N) is 1. The van der Waals surface area contributed by atoms with Crippen molar-refractivity contribution < 1.29 is 0 Å². The Hall–Kier alpha value is -1.54. The van der Waals surface area contributed by atoms with Crippen LogP contribution in [0.1, 0.15) is 24.1 Å². The predicted octanol–water partition coefficient (Wildman–Crippen LogP) is 3.01. The van der Waals surface area contributed by atoms with Crippen LogP contribution in [0, 0.1) is 0 Å². The largest absolute Gasteiger partial charge is 0.354 e. The predicted molar refractivity (Wildman–Crippen MR) is 72.1 cm³/mol. The van der Waals surface area contributed by atoms with E-state index in [2.05, 4.69) is 65.6 Å². The molecule has 1 aromatic carbocycles. The van der Waals surface area contributed by atoms with Gasteiger partial charge in [-0.3, -0.25) is 0 Å². The third-order valence-corrected chi connectivity index (χ3v) is 3.21. The Morgan fingerprint density at radius 1 is 1.18 bits per heavy atom. The molecular weight excluding hydrogens is 208 g/mol. The Morgan fingerprint density at radius 3 is 2.65 bits per heavy atom. The first-order valence-electron chi connectivity index (χ1n) is 6.16. The summed E-state index contributed by atoms with van der Waals surface area (Å²) in [6.07, 6.45) is 5.47. The maximum atomic E-state index is 3.25. The molecule has 0 fully saturated rings. The summed E-state index contributed by atoms with van der Waals surface area (Å²) in [5.41, 5.74) is 2.74. The van der Waals surface area contributed by atoms with Gasteiger partial charge in [-0.25, -0.2) is 0 Å². The fourth-order valence-corrected chi connectivity index (χ4v) is 1.92. The maximum absolute atomic E-state index is 3.25. The highest BCUT2D eigenvalue weighted by Gasteiger charge is 2.03. The van der Waals surface area contributed by atoms with Crippen molar-refractivity contribution in [2.24, 2.45) is 0 Å². The molecule has 0 bridgehead atoms. The van der Waals surface area contributed by atoms with Gasteiger partial charge < -0.3 is 9.88 Å². The molecule has 0 radical (unpaired) electrons. The third kappa shape index (κ3) is 3.21. The Kier molecular flexibility index (Phi) is 3.99. The maximum Gasteiger partial charge on any atom is 0.0304 e. The van der Waals surface area contributed by atoms with E-state index >= 15 is 0 Å². The molecule has 1 aromatic heterocycles. The average molecular weight is 228 g/mol. The van der Waals surface area contributed by atoms with Crippen LogP contribution in [0.4, 0.5) is 0 Å². The zero-order chi connectivity index (χ0) is 12.1. The molecule has 0 aliphatic rings. The SMILES string of the molecule is CNC(C)c1ccn(CCc2ccccc2)c1. The number of hydrogen-bond acceptors (Lipinski definition) is 1. The summed E-state index contributed by atoms with van der Waals surface area (Å²) in [6.45, 7) is 3.22. The van der Waals surface area contributed by atoms with Crippen molar-refractivity contribution in [3.05, 3.63) is 59.9 Å². The lowest BCUT2D eigenvalue weighted by Crippen LogP contribution is -2.11. The van der Waals surface area contributed by atoms with Gasteiger partial charge >= 0.3 is 0 Å². The van der Waals surface area contributed by atoms with Crippen molar-refractivity contribution >= 4 is 0 Å². The van der Waals surface area contributed by atoms with Gasteiger partial charge in [-0.1, -0.05) is 30.3 Å². The van der Waals surface area contributed by atoms with Gasteiger partial charge in [0.15, 0.2) is 0 Å². The van der Waals surface area contributed by atoms with E-state index in [0.29, 0.717) is 6.04 Å². The van der Waals surface area contributed by atoms with Gasteiger partial charge in [0.2, 0.25) is 0 Å². The van der Waals surface area contributed by atoms with E-state index in [-0.39, 0.29) is 0 Å². The van der Waals surface area contributed by atoms with E-state index in [9.17, 15) is 0 Å². The Bertz CT molecular complexity index is 445. The number of aryl methyl sites for hydroxylation is 2. The molecule has 1 N–H and O–H groups in total. The van der Waals surface area contributed by atoms with Gasteiger partial charge in [0, 0.05) is 25.0 Å². The van der Waals surface area contributed by atoms with Crippen molar-refractivity contribution in [1.29, 1.82) is 0 Å². The molecule has 0 aliphatic heterocycles. The first-order valence-corrected chi connectivity index (χ1v) is 6.16. The lowest BCUT2D eigenvalue weighted by Gasteiger charge is -2.07. The molecule has 1 atom stereocenters. The second-order valence-corrected chi connectivity index (χ2v) is 4.43. The molecule has 1 heterocycles. The van der Waals surface area contributed by atoms with Crippen LogP contribution < -0.4 is 5.32 Å². The molecular formula is C15H20N2. The molecule has 0 spiro atoms. The smallest absolute Gasteiger partial charge is 0.0304 e. The summed E-state index contributed by atoms with van der Waals surface area (Å²) < 4.78 is 2.26. The first kappa shape index (κ1) is 11.9. The molecule has 0 amide bonds. The van der Waals surface area contributed by atoms with E-state index in [1.54, 1.807) is 0 Å². The fourth-order valence-electron chi connectivity index (χ4n) is 1.92. The van der Waals surface area contributed by atoms with E-state index in [1.807, 2.05) is 7.05 Å². The lowest BCUT2D eigenvalue weighted by molar-refractivity contribution is 0.643. The highest BCUT2D eigenvalue weighted by atomic mass is 14.9. The molecule has 0 saturated heterocycles. The van der Waals surface area contributed by atoms with Crippen LogP contribution in [0.2, 0.25) is 0 Å². The van der Waals surface area contributed by atoms with Gasteiger partial charge in [0.1, 0.15) is 0 Å². The zero-order valence-corrected chi connectivity index (χ0v) is 10.6. The summed E-state index contributed by atoms with van der Waals surface area (Å²) in [4.78, 5) is 0. The van der Waals surface area contributed by atoms with E-state index in [0.717, 1.165) is 13.0 Å². The highest BCUT2D eigenvalue weighted by molar-refractivity contribution is 5.16. The van der Waals surface area contributed by atoms with Gasteiger partial charge in [-0.15, -0.1) is 0 Å². The fraction of sp³-hybridized carbons (Fsp3) is 0.333. The van der Waals surface area contributed by atoms with Gasteiger partial charge in [0.25, 0.3) is 0 Å². The van der Waals surface area contributed by atoms with Crippen LogP contribution in [0.25, 0.3) is 0 Å². The number of rotatable bonds is 5. The van der Waals surface area contributed by atoms with Crippen LogP contribution in [-0.2, 0) is 13.0 Å². The first-order chi connectivity index (χ1) is 8.29. The summed E-state index contributed by atoms with van der Waals surface area (Å²) in [7, 11) is 1.99. The van der Waals surface area contributed by atoms with Gasteiger partial charge in [-0.2, -0.15) is 0 Å². The summed E-state index contributed by atoms with van der Waals surface area (Å²) in [5, 5.41) is 3.25. The monoisotopic (exact) mass is 228 g/mol. The Morgan fingerprint density at radius 2 is 1.94 bits per heavy atom. The van der Waals surface area contributed by atoms with Gasteiger partial charge in [0.05, 0.1) is 0 Å². The van der Waals surface area contributed by atoms with E-state index in [1.165, 1.54) is 11.1 Å². The quantitative estimate of drug-likeness (QED) is 0.832. The van der Waals surface area contributed by atoms with Crippen molar-refractivity contribution in [2.75, 3.05) is 7.05 Å². The molecule has 0 saturated carbocycles. The minimum atomic E-state index is 0.424. The molecule has 17 heavy (non-hydrogen) atoms.